The van der Waals surface area contributed by atoms with E-state index < -0.39 is 12.4 Å². The van der Waals surface area contributed by atoms with E-state index in [4.69, 9.17) is 0 Å². The zero-order chi connectivity index (χ0) is 19.1. The van der Waals surface area contributed by atoms with Crippen LogP contribution < -0.4 is 10.1 Å². The van der Waals surface area contributed by atoms with Crippen molar-refractivity contribution in [1.29, 1.82) is 0 Å². The highest BCUT2D eigenvalue weighted by Crippen LogP contribution is 2.24. The highest BCUT2D eigenvalue weighted by Gasteiger charge is 2.21. The predicted octanol–water partition coefficient (Wildman–Crippen LogP) is 2.06. The molecule has 9 heteroatoms. The van der Waals surface area contributed by atoms with Gasteiger partial charge in [0, 0.05) is 39.6 Å². The molecule has 1 aliphatic rings. The Morgan fingerprint density at radius 3 is 2.50 bits per heavy atom. The van der Waals surface area contributed by atoms with Crippen molar-refractivity contribution >= 4 is 11.9 Å². The molecule has 1 aromatic rings. The minimum atomic E-state index is -3.03. The van der Waals surface area contributed by atoms with Gasteiger partial charge >= 0.3 is 6.61 Å². The molecule has 2 rings (SSSR count). The zero-order valence-corrected chi connectivity index (χ0v) is 14.8. The van der Waals surface area contributed by atoms with Gasteiger partial charge in [-0.2, -0.15) is 8.78 Å². The number of rotatable bonds is 5. The largest absolute Gasteiger partial charge is 0.434 e. The lowest BCUT2D eigenvalue weighted by Crippen LogP contribution is -2.53. The molecule has 1 aromatic carbocycles. The summed E-state index contributed by atoms with van der Waals surface area (Å²) in [6.45, 7) is 3.16. The summed E-state index contributed by atoms with van der Waals surface area (Å²) < 4.78 is 43.5. The van der Waals surface area contributed by atoms with Gasteiger partial charge in [-0.15, -0.1) is 0 Å². The molecule has 144 valence electrons. The van der Waals surface area contributed by atoms with E-state index >= 15 is 0 Å². The molecule has 1 aliphatic heterocycles. The average molecular weight is 372 g/mol. The molecule has 1 fully saturated rings. The first kappa shape index (κ1) is 19.9. The van der Waals surface area contributed by atoms with Crippen molar-refractivity contribution < 1.29 is 22.7 Å². The minimum absolute atomic E-state index is 0.0201. The van der Waals surface area contributed by atoms with E-state index in [9.17, 15) is 18.0 Å². The lowest BCUT2D eigenvalue weighted by Gasteiger charge is -2.36. The second-order valence-corrected chi connectivity index (χ2v) is 5.76. The molecule has 0 bridgehead atoms. The summed E-state index contributed by atoms with van der Waals surface area (Å²) in [5, 5.41) is 3.11. The van der Waals surface area contributed by atoms with Crippen molar-refractivity contribution in [1.82, 2.24) is 15.1 Å². The van der Waals surface area contributed by atoms with E-state index in [1.807, 2.05) is 11.8 Å². The normalized spacial score (nSPS) is 15.4. The molecule has 0 atom stereocenters. The molecule has 0 spiro atoms. The number of carbonyl (C=O) groups is 1. The Morgan fingerprint density at radius 1 is 1.27 bits per heavy atom. The number of carbonyl (C=O) groups excluding carboxylic acids is 1. The van der Waals surface area contributed by atoms with Crippen LogP contribution in [-0.2, 0) is 11.3 Å². The van der Waals surface area contributed by atoms with Crippen LogP contribution in [0.1, 0.15) is 19.4 Å². The number of aliphatic imine (C=N–C) groups is 1. The SMILES string of the molecule is CCNC(=NCc1c(F)cccc1OC(F)F)N1CCN(C(C)=O)CC1. The molecule has 0 radical (unpaired) electrons. The number of hydrogen-bond donors (Lipinski definition) is 1. The molecule has 0 aromatic heterocycles. The Bertz CT molecular complexity index is 647. The van der Waals surface area contributed by atoms with Crippen LogP contribution in [-0.4, -0.2) is 61.0 Å². The molecular weight excluding hydrogens is 349 g/mol. The summed E-state index contributed by atoms with van der Waals surface area (Å²) in [5.41, 5.74) is -0.0226. The Balaban J connectivity index is 2.14. The van der Waals surface area contributed by atoms with Crippen molar-refractivity contribution in [2.75, 3.05) is 32.7 Å². The molecule has 1 amide bonds. The highest BCUT2D eigenvalue weighted by molar-refractivity contribution is 5.80. The van der Waals surface area contributed by atoms with Crippen LogP contribution in [0.15, 0.2) is 23.2 Å². The Kier molecular flexibility index (Phi) is 7.11. The summed E-state index contributed by atoms with van der Waals surface area (Å²) >= 11 is 0. The topological polar surface area (TPSA) is 57.2 Å². The summed E-state index contributed by atoms with van der Waals surface area (Å²) in [5.74, 6) is -0.307. The van der Waals surface area contributed by atoms with Crippen LogP contribution >= 0.6 is 0 Å². The fourth-order valence-electron chi connectivity index (χ4n) is 2.71. The quantitative estimate of drug-likeness (QED) is 0.635. The number of alkyl halides is 2. The number of nitrogens with zero attached hydrogens (tertiary/aromatic N) is 3. The molecule has 1 saturated heterocycles. The van der Waals surface area contributed by atoms with Gasteiger partial charge in [0.25, 0.3) is 0 Å². The van der Waals surface area contributed by atoms with Crippen LogP contribution in [0, 0.1) is 5.82 Å². The van der Waals surface area contributed by atoms with Gasteiger partial charge in [-0.05, 0) is 19.1 Å². The molecule has 0 aliphatic carbocycles. The molecular formula is C17H23F3N4O2. The number of amides is 1. The van der Waals surface area contributed by atoms with Gasteiger partial charge < -0.3 is 19.9 Å². The number of ether oxygens (including phenoxy) is 1. The maximum absolute atomic E-state index is 14.0. The zero-order valence-electron chi connectivity index (χ0n) is 14.8. The summed E-state index contributed by atoms with van der Waals surface area (Å²) in [7, 11) is 0. The third kappa shape index (κ3) is 5.27. The number of nitrogens with one attached hydrogen (secondary N) is 1. The van der Waals surface area contributed by atoms with Crippen molar-refractivity contribution in [3.05, 3.63) is 29.6 Å². The Morgan fingerprint density at radius 2 is 1.92 bits per heavy atom. The summed E-state index contributed by atoms with van der Waals surface area (Å²) in [6.07, 6.45) is 0. The number of hydrogen-bond acceptors (Lipinski definition) is 3. The molecule has 6 nitrogen and oxygen atoms in total. The van der Waals surface area contributed by atoms with Crippen molar-refractivity contribution in [3.63, 3.8) is 0 Å². The Labute approximate surface area is 150 Å². The van der Waals surface area contributed by atoms with E-state index in [1.165, 1.54) is 25.1 Å². The van der Waals surface area contributed by atoms with E-state index in [0.717, 1.165) is 0 Å². The van der Waals surface area contributed by atoms with Crippen LogP contribution in [0.5, 0.6) is 5.75 Å². The van der Waals surface area contributed by atoms with Crippen LogP contribution in [0.4, 0.5) is 13.2 Å². The van der Waals surface area contributed by atoms with Crippen molar-refractivity contribution in [2.45, 2.75) is 27.0 Å². The average Bonchev–Trinajstić information content (AvgIpc) is 2.60. The molecule has 1 N–H and O–H groups in total. The molecule has 0 unspecified atom stereocenters. The summed E-state index contributed by atoms with van der Waals surface area (Å²) in [6, 6.07) is 3.78. The smallest absolute Gasteiger partial charge is 0.387 e. The fraction of sp³-hybridized carbons (Fsp3) is 0.529. The minimum Gasteiger partial charge on any atom is -0.434 e. The van der Waals surface area contributed by atoms with Crippen molar-refractivity contribution in [3.8, 4) is 5.75 Å². The van der Waals surface area contributed by atoms with Gasteiger partial charge in [0.2, 0.25) is 5.91 Å². The number of piperazine rings is 1. The highest BCUT2D eigenvalue weighted by atomic mass is 19.3. The fourth-order valence-corrected chi connectivity index (χ4v) is 2.71. The van der Waals surface area contributed by atoms with Gasteiger partial charge in [-0.25, -0.2) is 9.38 Å². The first-order valence-corrected chi connectivity index (χ1v) is 8.43. The van der Waals surface area contributed by atoms with Crippen LogP contribution in [0.25, 0.3) is 0 Å². The lowest BCUT2D eigenvalue weighted by atomic mass is 10.2. The predicted molar refractivity (Wildman–Crippen MR) is 91.7 cm³/mol. The Hall–Kier alpha value is -2.45. The second-order valence-electron chi connectivity index (χ2n) is 5.76. The van der Waals surface area contributed by atoms with Crippen LogP contribution in [0.3, 0.4) is 0 Å². The summed E-state index contributed by atoms with van der Waals surface area (Å²) in [4.78, 5) is 19.5. The lowest BCUT2D eigenvalue weighted by molar-refractivity contribution is -0.130. The van der Waals surface area contributed by atoms with Gasteiger partial charge in [-0.1, -0.05) is 6.07 Å². The van der Waals surface area contributed by atoms with Gasteiger partial charge in [0.05, 0.1) is 12.1 Å². The van der Waals surface area contributed by atoms with Gasteiger partial charge in [0.1, 0.15) is 11.6 Å². The first-order chi connectivity index (χ1) is 12.4. The first-order valence-electron chi connectivity index (χ1n) is 8.43. The maximum Gasteiger partial charge on any atom is 0.387 e. The maximum atomic E-state index is 14.0. The third-order valence-electron chi connectivity index (χ3n) is 4.04. The number of benzene rings is 1. The van der Waals surface area contributed by atoms with Crippen molar-refractivity contribution in [2.24, 2.45) is 4.99 Å². The van der Waals surface area contributed by atoms with Crippen LogP contribution in [0.2, 0.25) is 0 Å². The van der Waals surface area contributed by atoms with E-state index in [2.05, 4.69) is 15.0 Å². The van der Waals surface area contributed by atoms with E-state index in [1.54, 1.807) is 4.90 Å². The molecule has 0 saturated carbocycles. The van der Waals surface area contributed by atoms with Gasteiger partial charge in [-0.3, -0.25) is 4.79 Å². The second kappa shape index (κ2) is 9.30. The number of guanidine groups is 1. The standard InChI is InChI=1S/C17H23F3N4O2/c1-3-21-17(24-9-7-23(8-10-24)12(2)25)22-11-13-14(18)5-4-6-15(13)26-16(19)20/h4-6,16H,3,7-11H2,1-2H3,(H,21,22). The monoisotopic (exact) mass is 372 g/mol. The van der Waals surface area contributed by atoms with Gasteiger partial charge in [0.15, 0.2) is 5.96 Å². The molecule has 1 heterocycles. The third-order valence-corrected chi connectivity index (χ3v) is 4.04. The van der Waals surface area contributed by atoms with E-state index in [-0.39, 0.29) is 23.8 Å². The van der Waals surface area contributed by atoms with E-state index in [0.29, 0.717) is 38.7 Å². The molecule has 26 heavy (non-hydrogen) atoms. The number of halogens is 3.